The molecule has 62 valence electrons. The summed E-state index contributed by atoms with van der Waals surface area (Å²) in [4.78, 5) is 20.5. The molecule has 0 amide bonds. The minimum Gasteiger partial charge on any atom is -0.392 e. The van der Waals surface area contributed by atoms with Crippen molar-refractivity contribution in [3.8, 4) is 5.06 Å². The smallest absolute Gasteiger partial charge is 0.392 e. The van der Waals surface area contributed by atoms with Gasteiger partial charge in [-0.25, -0.2) is 9.55 Å². The van der Waals surface area contributed by atoms with Crippen LogP contribution >= 0.6 is 19.2 Å². The van der Waals surface area contributed by atoms with Gasteiger partial charge in [-0.2, -0.15) is 0 Å². The maximum atomic E-state index is 10.3. The van der Waals surface area contributed by atoms with Gasteiger partial charge in [0.05, 0.1) is 11.2 Å². The van der Waals surface area contributed by atoms with Crippen molar-refractivity contribution in [1.82, 2.24) is 4.98 Å². The topological polar surface area (TPSA) is 79.7 Å². The summed E-state index contributed by atoms with van der Waals surface area (Å²) in [6.07, 6.45) is 0. The minimum absolute atomic E-state index is 0.165. The molecule has 1 heterocycles. The van der Waals surface area contributed by atoms with Crippen LogP contribution in [0, 0.1) is 6.92 Å². The van der Waals surface area contributed by atoms with Gasteiger partial charge in [0.15, 0.2) is 0 Å². The van der Waals surface area contributed by atoms with Crippen molar-refractivity contribution in [3.05, 3.63) is 11.2 Å². The Balaban J connectivity index is 2.80. The Bertz CT molecular complexity index is 292. The molecule has 0 atom stereocenters. The number of aryl methyl sites for hydroxylation is 1. The largest absolute Gasteiger partial charge is 0.525 e. The van der Waals surface area contributed by atoms with Crippen LogP contribution < -0.4 is 4.52 Å². The Morgan fingerprint density at radius 1 is 1.73 bits per heavy atom. The van der Waals surface area contributed by atoms with Gasteiger partial charge in [-0.05, 0) is 6.92 Å². The van der Waals surface area contributed by atoms with E-state index < -0.39 is 7.82 Å². The third-order valence-corrected chi connectivity index (χ3v) is 2.25. The van der Waals surface area contributed by atoms with Crippen molar-refractivity contribution in [2.45, 2.75) is 6.92 Å². The standard InChI is InChI=1S/C4H6NO4PS/c1-3-4(11-2-5-3)9-10(6,7)8/h2H,1H3,(H2,6,7,8). The fourth-order valence-electron chi connectivity index (χ4n) is 0.487. The van der Waals surface area contributed by atoms with Gasteiger partial charge < -0.3 is 4.52 Å². The molecular formula is C4H6NO4PS. The highest BCUT2D eigenvalue weighted by atomic mass is 32.1. The molecule has 1 aromatic heterocycles. The van der Waals surface area contributed by atoms with Crippen LogP contribution in [-0.4, -0.2) is 14.8 Å². The second kappa shape index (κ2) is 2.91. The molecule has 0 spiro atoms. The lowest BCUT2D eigenvalue weighted by molar-refractivity contribution is 0.285. The highest BCUT2D eigenvalue weighted by Gasteiger charge is 2.18. The first-order valence-corrected chi connectivity index (χ1v) is 5.05. The van der Waals surface area contributed by atoms with Crippen LogP contribution in [0.25, 0.3) is 0 Å². The number of phosphoric acid groups is 1. The van der Waals surface area contributed by atoms with Crippen molar-refractivity contribution < 1.29 is 18.9 Å². The number of nitrogens with zero attached hydrogens (tertiary/aromatic N) is 1. The molecule has 0 aliphatic heterocycles. The maximum Gasteiger partial charge on any atom is 0.525 e. The molecule has 0 unspecified atom stereocenters. The predicted octanol–water partition coefficient (Wildman–Crippen LogP) is 0.923. The van der Waals surface area contributed by atoms with Crippen molar-refractivity contribution in [2.24, 2.45) is 0 Å². The van der Waals surface area contributed by atoms with E-state index in [9.17, 15) is 4.57 Å². The van der Waals surface area contributed by atoms with Crippen molar-refractivity contribution in [1.29, 1.82) is 0 Å². The zero-order chi connectivity index (χ0) is 8.48. The maximum absolute atomic E-state index is 10.3. The van der Waals surface area contributed by atoms with Gasteiger partial charge in [-0.3, -0.25) is 9.79 Å². The molecule has 1 aromatic rings. The lowest BCUT2D eigenvalue weighted by Crippen LogP contribution is -1.89. The molecule has 0 saturated heterocycles. The van der Waals surface area contributed by atoms with Gasteiger partial charge in [0.1, 0.15) is 0 Å². The molecule has 0 radical (unpaired) electrons. The van der Waals surface area contributed by atoms with E-state index in [1.807, 2.05) is 0 Å². The van der Waals surface area contributed by atoms with Gasteiger partial charge in [0.25, 0.3) is 0 Å². The molecule has 0 bridgehead atoms. The first-order chi connectivity index (χ1) is 4.99. The number of aromatic nitrogens is 1. The van der Waals surface area contributed by atoms with Gasteiger partial charge in [0, 0.05) is 0 Å². The summed E-state index contributed by atoms with van der Waals surface area (Å²) >= 11 is 1.05. The molecule has 0 fully saturated rings. The van der Waals surface area contributed by atoms with Crippen molar-refractivity contribution in [3.63, 3.8) is 0 Å². The normalized spacial score (nSPS) is 11.5. The van der Waals surface area contributed by atoms with E-state index in [2.05, 4.69) is 9.51 Å². The third-order valence-electron chi connectivity index (χ3n) is 0.903. The highest BCUT2D eigenvalue weighted by Crippen LogP contribution is 2.40. The van der Waals surface area contributed by atoms with E-state index in [0.29, 0.717) is 5.69 Å². The first-order valence-electron chi connectivity index (χ1n) is 2.64. The van der Waals surface area contributed by atoms with Crippen molar-refractivity contribution in [2.75, 3.05) is 0 Å². The van der Waals surface area contributed by atoms with Gasteiger partial charge in [-0.1, -0.05) is 11.3 Å². The Kier molecular flexibility index (Phi) is 2.29. The van der Waals surface area contributed by atoms with Crippen LogP contribution in [0.2, 0.25) is 0 Å². The lowest BCUT2D eigenvalue weighted by Gasteiger charge is -2.02. The minimum atomic E-state index is -4.41. The molecule has 2 N–H and O–H groups in total. The summed E-state index contributed by atoms with van der Waals surface area (Å²) < 4.78 is 14.6. The monoisotopic (exact) mass is 195 g/mol. The number of phosphoric ester groups is 1. The molecule has 0 aromatic carbocycles. The van der Waals surface area contributed by atoms with E-state index in [1.165, 1.54) is 5.51 Å². The van der Waals surface area contributed by atoms with E-state index in [4.69, 9.17) is 9.79 Å². The van der Waals surface area contributed by atoms with Gasteiger partial charge in [0.2, 0.25) is 5.06 Å². The Morgan fingerprint density at radius 3 is 2.73 bits per heavy atom. The second-order valence-corrected chi connectivity index (χ2v) is 3.79. The summed E-state index contributed by atoms with van der Waals surface area (Å²) in [5.74, 6) is 0. The number of rotatable bonds is 2. The molecule has 11 heavy (non-hydrogen) atoms. The van der Waals surface area contributed by atoms with Crippen LogP contribution in [0.3, 0.4) is 0 Å². The average molecular weight is 195 g/mol. The summed E-state index contributed by atoms with van der Waals surface area (Å²) in [5.41, 5.74) is 1.94. The molecule has 0 aliphatic rings. The fraction of sp³-hybridized carbons (Fsp3) is 0.250. The number of hydrogen-bond donors (Lipinski definition) is 2. The highest BCUT2D eigenvalue weighted by molar-refractivity contribution is 7.47. The average Bonchev–Trinajstić information content (AvgIpc) is 2.12. The zero-order valence-corrected chi connectivity index (χ0v) is 7.30. The lowest BCUT2D eigenvalue weighted by atomic mass is 10.6. The predicted molar refractivity (Wildman–Crippen MR) is 39.5 cm³/mol. The molecule has 0 aliphatic carbocycles. The van der Waals surface area contributed by atoms with Crippen LogP contribution in [0.15, 0.2) is 5.51 Å². The van der Waals surface area contributed by atoms with Gasteiger partial charge in [-0.15, -0.1) is 0 Å². The van der Waals surface area contributed by atoms with Crippen LogP contribution in [0.1, 0.15) is 5.69 Å². The second-order valence-electron chi connectivity index (χ2n) is 1.81. The molecular weight excluding hydrogens is 189 g/mol. The molecule has 1 rings (SSSR count). The number of thiazole rings is 1. The van der Waals surface area contributed by atoms with Crippen LogP contribution in [0.4, 0.5) is 0 Å². The quantitative estimate of drug-likeness (QED) is 0.686. The Morgan fingerprint density at radius 2 is 2.36 bits per heavy atom. The number of hydrogen-bond acceptors (Lipinski definition) is 4. The molecule has 5 nitrogen and oxygen atoms in total. The Hall–Kier alpha value is -0.420. The van der Waals surface area contributed by atoms with Crippen molar-refractivity contribution >= 4 is 19.2 Å². The summed E-state index contributed by atoms with van der Waals surface area (Å²) in [6.45, 7) is 1.61. The van der Waals surface area contributed by atoms with Crippen LogP contribution in [-0.2, 0) is 4.57 Å². The third kappa shape index (κ3) is 2.59. The molecule has 0 saturated carbocycles. The van der Waals surface area contributed by atoms with E-state index >= 15 is 0 Å². The SMILES string of the molecule is Cc1ncsc1OP(=O)(O)O. The molecule has 7 heteroatoms. The van der Waals surface area contributed by atoms with Crippen LogP contribution in [0.5, 0.6) is 5.06 Å². The Labute approximate surface area is 66.9 Å². The zero-order valence-electron chi connectivity index (χ0n) is 5.59. The summed E-state index contributed by atoms with van der Waals surface area (Å²) in [6, 6.07) is 0. The summed E-state index contributed by atoms with van der Waals surface area (Å²) in [7, 11) is -4.41. The fourth-order valence-corrected chi connectivity index (χ4v) is 1.83. The van der Waals surface area contributed by atoms with E-state index in [1.54, 1.807) is 6.92 Å². The summed E-state index contributed by atoms with van der Waals surface area (Å²) in [5, 5.41) is 0.165. The first kappa shape index (κ1) is 8.67. The van der Waals surface area contributed by atoms with E-state index in [0.717, 1.165) is 11.3 Å². The van der Waals surface area contributed by atoms with E-state index in [-0.39, 0.29) is 5.06 Å². The van der Waals surface area contributed by atoms with Gasteiger partial charge >= 0.3 is 7.82 Å².